The van der Waals surface area contributed by atoms with Gasteiger partial charge in [-0.25, -0.2) is 5.73 Å². The summed E-state index contributed by atoms with van der Waals surface area (Å²) in [7, 11) is 0. The predicted molar refractivity (Wildman–Crippen MR) is 59.0 cm³/mol. The van der Waals surface area contributed by atoms with Crippen LogP contribution in [0.5, 0.6) is 0 Å². The fraction of sp³-hybridized carbons (Fsp3) is 0.909. The van der Waals surface area contributed by atoms with Crippen molar-refractivity contribution < 1.29 is 4.79 Å². The first-order valence-corrected chi connectivity index (χ1v) is 5.63. The highest BCUT2D eigenvalue weighted by molar-refractivity contribution is 5.81. The van der Waals surface area contributed by atoms with Gasteiger partial charge in [-0.15, -0.1) is 0 Å². The zero-order valence-electron chi connectivity index (χ0n) is 9.68. The Morgan fingerprint density at radius 1 is 1.21 bits per heavy atom. The highest BCUT2D eigenvalue weighted by Crippen LogP contribution is 2.01. The third kappa shape index (κ3) is 5.22. The van der Waals surface area contributed by atoms with E-state index in [2.05, 4.69) is 13.8 Å². The summed E-state index contributed by atoms with van der Waals surface area (Å²) in [6.07, 6.45) is 4.29. The number of carbonyl (C=O) groups excluding carboxylic acids is 1. The Kier molecular flexibility index (Phi) is 7.48. The summed E-state index contributed by atoms with van der Waals surface area (Å²) >= 11 is 0. The molecule has 0 aromatic rings. The summed E-state index contributed by atoms with van der Waals surface area (Å²) in [6, 6.07) is -0.608. The van der Waals surface area contributed by atoms with E-state index in [0.717, 1.165) is 38.8 Å². The van der Waals surface area contributed by atoms with Crippen LogP contribution in [-0.2, 0) is 4.79 Å². The molecular weight excluding hydrogens is 176 g/mol. The van der Waals surface area contributed by atoms with Gasteiger partial charge in [0, 0.05) is 13.1 Å². The lowest BCUT2D eigenvalue weighted by molar-refractivity contribution is -0.132. The Bertz CT molecular complexity index is 149. The van der Waals surface area contributed by atoms with E-state index in [-0.39, 0.29) is 5.91 Å². The fourth-order valence-electron chi connectivity index (χ4n) is 1.30. The van der Waals surface area contributed by atoms with Gasteiger partial charge in [-0.2, -0.15) is 0 Å². The summed E-state index contributed by atoms with van der Waals surface area (Å²) in [5, 5.41) is 0. The van der Waals surface area contributed by atoms with Crippen molar-refractivity contribution in [2.45, 2.75) is 52.5 Å². The van der Waals surface area contributed by atoms with Gasteiger partial charge >= 0.3 is 0 Å². The van der Waals surface area contributed by atoms with Gasteiger partial charge in [0.25, 0.3) is 0 Å². The van der Waals surface area contributed by atoms with Crippen LogP contribution in [0.25, 0.3) is 0 Å². The Morgan fingerprint density at radius 2 is 1.64 bits per heavy atom. The summed E-state index contributed by atoms with van der Waals surface area (Å²) in [6.45, 7) is 7.52. The molecule has 0 aliphatic carbocycles. The summed E-state index contributed by atoms with van der Waals surface area (Å²) in [4.78, 5) is 13.4. The molecule has 0 heterocycles. The first kappa shape index (κ1) is 13.4. The molecule has 0 bridgehead atoms. The van der Waals surface area contributed by atoms with E-state index in [0.29, 0.717) is 0 Å². The molecule has 1 N–H and O–H groups in total. The lowest BCUT2D eigenvalue weighted by Crippen LogP contribution is -2.39. The van der Waals surface area contributed by atoms with Crippen molar-refractivity contribution in [2.24, 2.45) is 0 Å². The van der Waals surface area contributed by atoms with Crippen molar-refractivity contribution in [1.29, 1.82) is 0 Å². The Labute approximate surface area is 87.6 Å². The maximum atomic E-state index is 11.6. The van der Waals surface area contributed by atoms with E-state index in [1.165, 1.54) is 0 Å². The minimum absolute atomic E-state index is 0.0214. The third-order valence-corrected chi connectivity index (χ3v) is 2.25. The van der Waals surface area contributed by atoms with Gasteiger partial charge in [0.2, 0.25) is 5.91 Å². The zero-order chi connectivity index (χ0) is 11.0. The molecule has 83 valence electrons. The highest BCUT2D eigenvalue weighted by atomic mass is 16.2. The fourth-order valence-corrected chi connectivity index (χ4v) is 1.30. The largest absolute Gasteiger partial charge is 0.341 e. The molecule has 1 unspecified atom stereocenters. The molecule has 0 aliphatic rings. The third-order valence-electron chi connectivity index (χ3n) is 2.25. The minimum atomic E-state index is -0.608. The van der Waals surface area contributed by atoms with Crippen LogP contribution in [0.1, 0.15) is 46.5 Å². The molecule has 3 nitrogen and oxygen atoms in total. The van der Waals surface area contributed by atoms with Gasteiger partial charge < -0.3 is 4.90 Å². The van der Waals surface area contributed by atoms with Crippen molar-refractivity contribution >= 4 is 5.91 Å². The number of rotatable bonds is 7. The van der Waals surface area contributed by atoms with Crippen LogP contribution in [0.3, 0.4) is 0 Å². The Hall–Kier alpha value is -0.570. The van der Waals surface area contributed by atoms with Crippen molar-refractivity contribution in [2.75, 3.05) is 13.1 Å². The van der Waals surface area contributed by atoms with E-state index < -0.39 is 6.04 Å². The quantitative estimate of drug-likeness (QED) is 0.619. The van der Waals surface area contributed by atoms with Crippen LogP contribution in [0.4, 0.5) is 0 Å². The van der Waals surface area contributed by atoms with Crippen LogP contribution < -0.4 is 5.73 Å². The molecule has 0 rings (SSSR count). The van der Waals surface area contributed by atoms with Gasteiger partial charge in [0.1, 0.15) is 0 Å². The average Bonchev–Trinajstić information content (AvgIpc) is 2.17. The van der Waals surface area contributed by atoms with Gasteiger partial charge in [0.15, 0.2) is 0 Å². The monoisotopic (exact) mass is 199 g/mol. The number of nitrogens with zero attached hydrogens (tertiary/aromatic N) is 1. The minimum Gasteiger partial charge on any atom is -0.341 e. The van der Waals surface area contributed by atoms with Gasteiger partial charge in [0.05, 0.1) is 6.04 Å². The second-order valence-electron chi connectivity index (χ2n) is 3.75. The van der Waals surface area contributed by atoms with Crippen molar-refractivity contribution in [1.82, 2.24) is 10.6 Å². The van der Waals surface area contributed by atoms with Crippen LogP contribution in [0, 0.1) is 0 Å². The topological polar surface area (TPSA) is 44.1 Å². The summed E-state index contributed by atoms with van der Waals surface area (Å²) in [5.41, 5.74) is 7.39. The molecule has 0 aromatic carbocycles. The van der Waals surface area contributed by atoms with Crippen molar-refractivity contribution in [3.05, 3.63) is 0 Å². The predicted octanol–water partition coefficient (Wildman–Crippen LogP) is 2.09. The molecule has 14 heavy (non-hydrogen) atoms. The molecule has 0 saturated carbocycles. The Morgan fingerprint density at radius 3 is 1.93 bits per heavy atom. The standard InChI is InChI=1S/C11H23N2O/c1-4-6-8-13(9-7-5-2)11(14)10(3)12/h10,12H,4-9H2,1-3H3. The molecule has 0 aromatic heterocycles. The van der Waals surface area contributed by atoms with E-state index in [1.807, 2.05) is 4.90 Å². The Balaban J connectivity index is 4.01. The molecule has 3 heteroatoms. The smallest absolute Gasteiger partial charge is 0.240 e. The molecule has 1 radical (unpaired) electrons. The molecular formula is C11H23N2O. The molecule has 0 fully saturated rings. The zero-order valence-corrected chi connectivity index (χ0v) is 9.68. The van der Waals surface area contributed by atoms with Gasteiger partial charge in [-0.1, -0.05) is 26.7 Å². The van der Waals surface area contributed by atoms with Gasteiger partial charge in [-0.3, -0.25) is 4.79 Å². The normalized spacial score (nSPS) is 12.6. The number of nitrogens with one attached hydrogen (secondary N) is 1. The van der Waals surface area contributed by atoms with Crippen LogP contribution in [0.15, 0.2) is 0 Å². The summed E-state index contributed by atoms with van der Waals surface area (Å²) in [5.74, 6) is -0.0214. The van der Waals surface area contributed by atoms with Gasteiger partial charge in [-0.05, 0) is 19.8 Å². The maximum absolute atomic E-state index is 11.6. The first-order valence-electron chi connectivity index (χ1n) is 5.63. The first-order chi connectivity index (χ1) is 6.63. The van der Waals surface area contributed by atoms with Crippen molar-refractivity contribution in [3.63, 3.8) is 0 Å². The molecule has 0 saturated heterocycles. The number of hydrogen-bond acceptors (Lipinski definition) is 1. The van der Waals surface area contributed by atoms with E-state index in [1.54, 1.807) is 6.92 Å². The maximum Gasteiger partial charge on any atom is 0.240 e. The number of amides is 1. The second kappa shape index (κ2) is 7.80. The number of unbranched alkanes of at least 4 members (excludes halogenated alkanes) is 2. The second-order valence-corrected chi connectivity index (χ2v) is 3.75. The molecule has 1 amide bonds. The van der Waals surface area contributed by atoms with Crippen molar-refractivity contribution in [3.8, 4) is 0 Å². The highest BCUT2D eigenvalue weighted by Gasteiger charge is 2.16. The SMILES string of the molecule is CCCCN(CCCC)C(=O)C(C)[NH]. The number of carbonyl (C=O) groups is 1. The van der Waals surface area contributed by atoms with Crippen LogP contribution >= 0.6 is 0 Å². The van der Waals surface area contributed by atoms with Crippen LogP contribution in [-0.4, -0.2) is 29.9 Å². The molecule has 1 atom stereocenters. The lowest BCUT2D eigenvalue weighted by Gasteiger charge is -2.23. The van der Waals surface area contributed by atoms with E-state index >= 15 is 0 Å². The molecule has 0 spiro atoms. The average molecular weight is 199 g/mol. The summed E-state index contributed by atoms with van der Waals surface area (Å²) < 4.78 is 0. The lowest BCUT2D eigenvalue weighted by atomic mass is 10.2. The number of hydrogen-bond donors (Lipinski definition) is 0. The molecule has 0 aliphatic heterocycles. The van der Waals surface area contributed by atoms with Crippen LogP contribution in [0.2, 0.25) is 0 Å². The van der Waals surface area contributed by atoms with E-state index in [9.17, 15) is 4.79 Å². The van der Waals surface area contributed by atoms with E-state index in [4.69, 9.17) is 5.73 Å².